The van der Waals surface area contributed by atoms with Crippen molar-refractivity contribution >= 4 is 5.96 Å². The molecule has 0 spiro atoms. The highest BCUT2D eigenvalue weighted by molar-refractivity contribution is 5.79. The molecule has 0 saturated heterocycles. The number of hydrogen-bond donors (Lipinski definition) is 2. The zero-order valence-corrected chi connectivity index (χ0v) is 15.2. The fourth-order valence-corrected chi connectivity index (χ4v) is 2.39. The number of nitrogens with zero attached hydrogens (tertiary/aromatic N) is 3. The van der Waals surface area contributed by atoms with Crippen LogP contribution in [0.2, 0.25) is 0 Å². The van der Waals surface area contributed by atoms with Gasteiger partial charge in [-0.15, -0.1) is 0 Å². The van der Waals surface area contributed by atoms with Gasteiger partial charge in [0.05, 0.1) is 25.0 Å². The van der Waals surface area contributed by atoms with Crippen LogP contribution in [0.1, 0.15) is 37.8 Å². The van der Waals surface area contributed by atoms with Crippen LogP contribution in [0.3, 0.4) is 0 Å². The Morgan fingerprint density at radius 3 is 2.80 bits per heavy atom. The molecule has 0 atom stereocenters. The van der Waals surface area contributed by atoms with Gasteiger partial charge in [0.2, 0.25) is 0 Å². The summed E-state index contributed by atoms with van der Waals surface area (Å²) in [6.45, 7) is 8.69. The highest BCUT2D eigenvalue weighted by atomic mass is 16.5. The summed E-state index contributed by atoms with van der Waals surface area (Å²) in [6, 6.07) is 3.74. The van der Waals surface area contributed by atoms with Crippen molar-refractivity contribution in [2.45, 2.75) is 40.2 Å². The monoisotopic (exact) mass is 345 g/mol. The molecule has 2 heterocycles. The zero-order chi connectivity index (χ0) is 17.9. The van der Waals surface area contributed by atoms with Crippen LogP contribution in [0.5, 0.6) is 5.75 Å². The number of nitrogens with one attached hydrogen (secondary N) is 2. The number of hydrogen-bond acceptors (Lipinski definition) is 5. The van der Waals surface area contributed by atoms with Gasteiger partial charge in [-0.3, -0.25) is 4.98 Å². The van der Waals surface area contributed by atoms with Crippen LogP contribution in [-0.2, 0) is 19.4 Å². The summed E-state index contributed by atoms with van der Waals surface area (Å²) in [6.07, 6.45) is 5.09. The molecule has 0 radical (unpaired) electrons. The predicted molar refractivity (Wildman–Crippen MR) is 97.8 cm³/mol. The number of ether oxygens (including phenoxy) is 1. The van der Waals surface area contributed by atoms with Crippen LogP contribution in [-0.4, -0.2) is 35.8 Å². The SMILES string of the molecule is CCNC(=NCc1c(CC)noc1CC)NCCOc1cccnc1. The highest BCUT2D eigenvalue weighted by Crippen LogP contribution is 2.16. The van der Waals surface area contributed by atoms with Gasteiger partial charge in [0.15, 0.2) is 5.96 Å². The second-order valence-corrected chi connectivity index (χ2v) is 5.40. The molecule has 136 valence electrons. The molecule has 0 aliphatic heterocycles. The van der Waals surface area contributed by atoms with Gasteiger partial charge in [-0.2, -0.15) is 0 Å². The first-order valence-electron chi connectivity index (χ1n) is 8.79. The Bertz CT molecular complexity index is 633. The van der Waals surface area contributed by atoms with Crippen LogP contribution >= 0.6 is 0 Å². The van der Waals surface area contributed by atoms with Gasteiger partial charge >= 0.3 is 0 Å². The van der Waals surface area contributed by atoms with Crippen molar-refractivity contribution in [2.24, 2.45) is 4.99 Å². The van der Waals surface area contributed by atoms with Crippen molar-refractivity contribution in [3.8, 4) is 5.75 Å². The minimum absolute atomic E-state index is 0.532. The molecule has 0 aliphatic rings. The smallest absolute Gasteiger partial charge is 0.191 e. The summed E-state index contributed by atoms with van der Waals surface area (Å²) in [5.74, 6) is 2.43. The predicted octanol–water partition coefficient (Wildman–Crippen LogP) is 2.33. The Morgan fingerprint density at radius 1 is 1.24 bits per heavy atom. The number of pyridine rings is 1. The molecule has 0 fully saturated rings. The van der Waals surface area contributed by atoms with E-state index < -0.39 is 0 Å². The molecule has 2 aromatic heterocycles. The van der Waals surface area contributed by atoms with Crippen molar-refractivity contribution in [2.75, 3.05) is 19.7 Å². The first-order chi connectivity index (χ1) is 12.3. The third-order valence-corrected chi connectivity index (χ3v) is 3.64. The van der Waals surface area contributed by atoms with E-state index in [1.54, 1.807) is 12.4 Å². The Kier molecular flexibility index (Phi) is 7.75. The maximum absolute atomic E-state index is 5.63. The third kappa shape index (κ3) is 5.77. The van der Waals surface area contributed by atoms with Crippen LogP contribution in [0.4, 0.5) is 0 Å². The normalized spacial score (nSPS) is 11.4. The number of aromatic nitrogens is 2. The lowest BCUT2D eigenvalue weighted by molar-refractivity contribution is 0.320. The molecule has 25 heavy (non-hydrogen) atoms. The molecule has 0 aromatic carbocycles. The van der Waals surface area contributed by atoms with E-state index >= 15 is 0 Å². The van der Waals surface area contributed by atoms with E-state index in [1.807, 2.05) is 19.1 Å². The molecule has 0 unspecified atom stereocenters. The first-order valence-corrected chi connectivity index (χ1v) is 8.79. The van der Waals surface area contributed by atoms with Crippen molar-refractivity contribution in [3.05, 3.63) is 41.5 Å². The lowest BCUT2D eigenvalue weighted by Gasteiger charge is -2.12. The minimum Gasteiger partial charge on any atom is -0.490 e. The summed E-state index contributed by atoms with van der Waals surface area (Å²) in [4.78, 5) is 8.67. The Balaban J connectivity index is 1.89. The van der Waals surface area contributed by atoms with E-state index in [2.05, 4.69) is 39.6 Å². The van der Waals surface area contributed by atoms with E-state index in [0.29, 0.717) is 19.7 Å². The molecule has 2 rings (SSSR count). The summed E-state index contributed by atoms with van der Waals surface area (Å²) >= 11 is 0. The topological polar surface area (TPSA) is 84.6 Å². The molecule has 2 aromatic rings. The van der Waals surface area contributed by atoms with Crippen molar-refractivity contribution < 1.29 is 9.26 Å². The molecule has 7 nitrogen and oxygen atoms in total. The Hall–Kier alpha value is -2.57. The lowest BCUT2D eigenvalue weighted by atomic mass is 10.1. The molecular formula is C18H27N5O2. The van der Waals surface area contributed by atoms with Gasteiger partial charge in [0.25, 0.3) is 0 Å². The molecule has 0 aliphatic carbocycles. The summed E-state index contributed by atoms with van der Waals surface area (Å²) in [7, 11) is 0. The molecule has 0 saturated carbocycles. The maximum Gasteiger partial charge on any atom is 0.191 e. The van der Waals surface area contributed by atoms with Crippen LogP contribution < -0.4 is 15.4 Å². The quantitative estimate of drug-likeness (QED) is 0.412. The van der Waals surface area contributed by atoms with Gasteiger partial charge in [0.1, 0.15) is 18.1 Å². The molecule has 7 heteroatoms. The second-order valence-electron chi connectivity index (χ2n) is 5.40. The standard InChI is InChI=1S/C18H27N5O2/c1-4-16-15(17(5-2)25-23-16)13-22-18(20-6-3)21-10-11-24-14-8-7-9-19-12-14/h7-9,12H,4-6,10-11,13H2,1-3H3,(H2,20,21,22). The van der Waals surface area contributed by atoms with Gasteiger partial charge in [-0.25, -0.2) is 4.99 Å². The Labute approximate surface area is 148 Å². The van der Waals surface area contributed by atoms with Gasteiger partial charge < -0.3 is 19.9 Å². The largest absolute Gasteiger partial charge is 0.490 e. The van der Waals surface area contributed by atoms with Crippen molar-refractivity contribution in [1.82, 2.24) is 20.8 Å². The van der Waals surface area contributed by atoms with Crippen LogP contribution in [0.25, 0.3) is 0 Å². The minimum atomic E-state index is 0.532. The summed E-state index contributed by atoms with van der Waals surface area (Å²) in [5.41, 5.74) is 2.07. The highest BCUT2D eigenvalue weighted by Gasteiger charge is 2.12. The van der Waals surface area contributed by atoms with E-state index in [1.165, 1.54) is 0 Å². The van der Waals surface area contributed by atoms with E-state index in [9.17, 15) is 0 Å². The van der Waals surface area contributed by atoms with Gasteiger partial charge in [-0.05, 0) is 25.5 Å². The molecular weight excluding hydrogens is 318 g/mol. The molecule has 0 amide bonds. The molecule has 2 N–H and O–H groups in total. The molecule has 0 bridgehead atoms. The lowest BCUT2D eigenvalue weighted by Crippen LogP contribution is -2.39. The fraction of sp³-hybridized carbons (Fsp3) is 0.500. The number of guanidine groups is 1. The Morgan fingerprint density at radius 2 is 2.12 bits per heavy atom. The summed E-state index contributed by atoms with van der Waals surface area (Å²) < 4.78 is 11.0. The average molecular weight is 345 g/mol. The van der Waals surface area contributed by atoms with Gasteiger partial charge in [0, 0.05) is 24.7 Å². The number of rotatable bonds is 9. The average Bonchev–Trinajstić information content (AvgIpc) is 3.06. The van der Waals surface area contributed by atoms with E-state index in [4.69, 9.17) is 9.26 Å². The van der Waals surface area contributed by atoms with Crippen molar-refractivity contribution in [1.29, 1.82) is 0 Å². The third-order valence-electron chi connectivity index (χ3n) is 3.64. The number of aliphatic imine (C=N–C) groups is 1. The summed E-state index contributed by atoms with van der Waals surface area (Å²) in [5, 5.41) is 10.6. The fourth-order valence-electron chi connectivity index (χ4n) is 2.39. The second kappa shape index (κ2) is 10.3. The van der Waals surface area contributed by atoms with E-state index in [-0.39, 0.29) is 0 Å². The van der Waals surface area contributed by atoms with E-state index in [0.717, 1.165) is 48.1 Å². The van der Waals surface area contributed by atoms with Gasteiger partial charge in [-0.1, -0.05) is 19.0 Å². The first kappa shape index (κ1) is 18.8. The zero-order valence-electron chi connectivity index (χ0n) is 15.2. The maximum atomic E-state index is 5.63. The number of aryl methyl sites for hydroxylation is 2. The van der Waals surface area contributed by atoms with Crippen LogP contribution in [0, 0.1) is 0 Å². The van der Waals surface area contributed by atoms with Crippen LogP contribution in [0.15, 0.2) is 34.0 Å². The van der Waals surface area contributed by atoms with Crippen molar-refractivity contribution in [3.63, 3.8) is 0 Å².